The number of thiophene rings is 1. The summed E-state index contributed by atoms with van der Waals surface area (Å²) in [5, 5.41) is 13.3. The molecule has 8 heteroatoms. The van der Waals surface area contributed by atoms with E-state index in [1.807, 2.05) is 7.05 Å². The van der Waals surface area contributed by atoms with Gasteiger partial charge < -0.3 is 10.4 Å². The van der Waals surface area contributed by atoms with Gasteiger partial charge >= 0.3 is 5.97 Å². The van der Waals surface area contributed by atoms with Gasteiger partial charge in [0, 0.05) is 18.5 Å². The molecule has 6 nitrogen and oxygen atoms in total. The zero-order chi connectivity index (χ0) is 14.8. The van der Waals surface area contributed by atoms with Gasteiger partial charge in [0.25, 0.3) is 10.0 Å². The third-order valence-corrected chi connectivity index (χ3v) is 6.67. The summed E-state index contributed by atoms with van der Waals surface area (Å²) in [5.74, 6) is -0.795. The second kappa shape index (κ2) is 6.21. The molecule has 0 aromatic carbocycles. The van der Waals surface area contributed by atoms with E-state index in [1.165, 1.54) is 15.8 Å². The van der Waals surface area contributed by atoms with E-state index in [2.05, 4.69) is 5.32 Å². The molecule has 1 aromatic rings. The highest BCUT2D eigenvalue weighted by atomic mass is 32.2. The Morgan fingerprint density at radius 2 is 2.35 bits per heavy atom. The van der Waals surface area contributed by atoms with Crippen LogP contribution in [0.25, 0.3) is 0 Å². The number of hydrogen-bond acceptors (Lipinski definition) is 5. The summed E-state index contributed by atoms with van der Waals surface area (Å²) < 4.78 is 26.6. The molecule has 1 aliphatic heterocycles. The highest BCUT2D eigenvalue weighted by molar-refractivity contribution is 7.91. The standard InChI is InChI=1S/C12H18N2O4S2/c1-13-6-9-3-2-4-14(7-9)20(17,18)11-5-10(8-19-11)12(15)16/h5,8-9,13H,2-4,6-7H2,1H3,(H,15,16). The number of carboxylic acids is 1. The molecule has 1 aliphatic rings. The highest BCUT2D eigenvalue weighted by Gasteiger charge is 2.31. The molecule has 2 rings (SSSR count). The average Bonchev–Trinajstić information content (AvgIpc) is 2.90. The molecule has 112 valence electrons. The number of nitrogens with one attached hydrogen (secondary N) is 1. The van der Waals surface area contributed by atoms with Crippen LogP contribution in [0.4, 0.5) is 0 Å². The second-order valence-corrected chi connectivity index (χ2v) is 7.96. The predicted molar refractivity (Wildman–Crippen MR) is 76.7 cm³/mol. The lowest BCUT2D eigenvalue weighted by Crippen LogP contribution is -2.42. The van der Waals surface area contributed by atoms with Crippen molar-refractivity contribution in [1.29, 1.82) is 0 Å². The molecule has 1 fully saturated rings. The van der Waals surface area contributed by atoms with Crippen LogP contribution in [0.15, 0.2) is 15.7 Å². The summed E-state index contributed by atoms with van der Waals surface area (Å²) in [6, 6.07) is 1.24. The zero-order valence-corrected chi connectivity index (χ0v) is 12.8. The van der Waals surface area contributed by atoms with Crippen molar-refractivity contribution in [3.05, 3.63) is 17.0 Å². The summed E-state index contributed by atoms with van der Waals surface area (Å²) in [4.78, 5) is 10.8. The number of sulfonamides is 1. The van der Waals surface area contributed by atoms with E-state index in [0.29, 0.717) is 19.0 Å². The normalized spacial score (nSPS) is 20.9. The lowest BCUT2D eigenvalue weighted by atomic mass is 10.00. The van der Waals surface area contributed by atoms with Crippen molar-refractivity contribution in [2.75, 3.05) is 26.7 Å². The van der Waals surface area contributed by atoms with Gasteiger partial charge in [-0.25, -0.2) is 13.2 Å². The fourth-order valence-corrected chi connectivity index (χ4v) is 5.25. The Labute approximate surface area is 122 Å². The summed E-state index contributed by atoms with van der Waals surface area (Å²) >= 11 is 0.967. The number of carbonyl (C=O) groups is 1. The number of nitrogens with zero attached hydrogens (tertiary/aromatic N) is 1. The number of carboxylic acid groups (broad SMARTS) is 1. The van der Waals surface area contributed by atoms with Gasteiger partial charge in [0.15, 0.2) is 0 Å². The monoisotopic (exact) mass is 318 g/mol. The average molecular weight is 318 g/mol. The first-order chi connectivity index (χ1) is 9.45. The number of piperidine rings is 1. The first-order valence-corrected chi connectivity index (χ1v) is 8.73. The minimum atomic E-state index is -3.57. The van der Waals surface area contributed by atoms with Crippen molar-refractivity contribution >= 4 is 27.3 Å². The topological polar surface area (TPSA) is 86.7 Å². The van der Waals surface area contributed by atoms with Gasteiger partial charge in [0.05, 0.1) is 5.56 Å². The lowest BCUT2D eigenvalue weighted by molar-refractivity contribution is 0.0697. The van der Waals surface area contributed by atoms with Crippen molar-refractivity contribution in [3.63, 3.8) is 0 Å². The van der Waals surface area contributed by atoms with Gasteiger partial charge in [-0.3, -0.25) is 0 Å². The molecule has 1 saturated heterocycles. The van der Waals surface area contributed by atoms with Crippen LogP contribution in [-0.2, 0) is 10.0 Å². The zero-order valence-electron chi connectivity index (χ0n) is 11.2. The fourth-order valence-electron chi connectivity index (χ4n) is 2.39. The van der Waals surface area contributed by atoms with Crippen LogP contribution in [0.5, 0.6) is 0 Å². The molecular formula is C12H18N2O4S2. The molecule has 0 bridgehead atoms. The first-order valence-electron chi connectivity index (χ1n) is 6.41. The van der Waals surface area contributed by atoms with E-state index in [-0.39, 0.29) is 9.77 Å². The van der Waals surface area contributed by atoms with Crippen molar-refractivity contribution in [3.8, 4) is 0 Å². The molecule has 0 spiro atoms. The Hall–Kier alpha value is -0.960. The number of hydrogen-bond donors (Lipinski definition) is 2. The fraction of sp³-hybridized carbons (Fsp3) is 0.583. The van der Waals surface area contributed by atoms with Crippen LogP contribution in [0.3, 0.4) is 0 Å². The molecule has 2 heterocycles. The molecule has 0 aliphatic carbocycles. The van der Waals surface area contributed by atoms with Gasteiger partial charge in [-0.05, 0) is 38.4 Å². The summed E-state index contributed by atoms with van der Waals surface area (Å²) in [6.45, 7) is 1.78. The van der Waals surface area contributed by atoms with Gasteiger partial charge in [-0.2, -0.15) is 4.31 Å². The smallest absolute Gasteiger partial charge is 0.336 e. The van der Waals surface area contributed by atoms with Crippen molar-refractivity contribution in [1.82, 2.24) is 9.62 Å². The predicted octanol–water partition coefficient (Wildman–Crippen LogP) is 1.07. The number of rotatable bonds is 5. The maximum atomic E-state index is 12.5. The molecule has 20 heavy (non-hydrogen) atoms. The van der Waals surface area contributed by atoms with Crippen LogP contribution >= 0.6 is 11.3 Å². The van der Waals surface area contributed by atoms with E-state index >= 15 is 0 Å². The Morgan fingerprint density at radius 1 is 1.60 bits per heavy atom. The molecule has 1 unspecified atom stereocenters. The maximum Gasteiger partial charge on any atom is 0.336 e. The first kappa shape index (κ1) is 15.4. The van der Waals surface area contributed by atoms with E-state index in [1.54, 1.807) is 0 Å². The maximum absolute atomic E-state index is 12.5. The van der Waals surface area contributed by atoms with E-state index in [0.717, 1.165) is 30.7 Å². The molecular weight excluding hydrogens is 300 g/mol. The van der Waals surface area contributed by atoms with E-state index in [9.17, 15) is 13.2 Å². The Morgan fingerprint density at radius 3 is 2.95 bits per heavy atom. The summed E-state index contributed by atoms with van der Waals surface area (Å²) in [7, 11) is -1.71. The van der Waals surface area contributed by atoms with Gasteiger partial charge in [0.2, 0.25) is 0 Å². The van der Waals surface area contributed by atoms with E-state index in [4.69, 9.17) is 5.11 Å². The second-order valence-electron chi connectivity index (χ2n) is 4.89. The van der Waals surface area contributed by atoms with Crippen LogP contribution < -0.4 is 5.32 Å². The van der Waals surface area contributed by atoms with Crippen LogP contribution in [0, 0.1) is 5.92 Å². The van der Waals surface area contributed by atoms with Crippen LogP contribution in [0.2, 0.25) is 0 Å². The Balaban J connectivity index is 2.18. The third kappa shape index (κ3) is 3.20. The van der Waals surface area contributed by atoms with Crippen molar-refractivity contribution in [2.24, 2.45) is 5.92 Å². The summed E-state index contributed by atoms with van der Waals surface area (Å²) in [6.07, 6.45) is 1.85. The van der Waals surface area contributed by atoms with Crippen LogP contribution in [0.1, 0.15) is 23.2 Å². The molecule has 2 N–H and O–H groups in total. The summed E-state index contributed by atoms with van der Waals surface area (Å²) in [5.41, 5.74) is 0.0253. The largest absolute Gasteiger partial charge is 0.478 e. The SMILES string of the molecule is CNCC1CCCN(S(=O)(=O)c2cc(C(=O)O)cs2)C1. The Kier molecular flexibility index (Phi) is 4.79. The molecule has 1 aromatic heterocycles. The third-order valence-electron chi connectivity index (χ3n) is 3.39. The van der Waals surface area contributed by atoms with Crippen molar-refractivity contribution < 1.29 is 18.3 Å². The Bertz CT molecular complexity index is 580. The number of aromatic carboxylic acids is 1. The van der Waals surface area contributed by atoms with E-state index < -0.39 is 16.0 Å². The van der Waals surface area contributed by atoms with Gasteiger partial charge in [-0.1, -0.05) is 0 Å². The van der Waals surface area contributed by atoms with Gasteiger partial charge in [0.1, 0.15) is 4.21 Å². The van der Waals surface area contributed by atoms with Gasteiger partial charge in [-0.15, -0.1) is 11.3 Å². The quantitative estimate of drug-likeness (QED) is 0.848. The minimum absolute atomic E-state index is 0.0253. The highest BCUT2D eigenvalue weighted by Crippen LogP contribution is 2.27. The molecule has 0 saturated carbocycles. The van der Waals surface area contributed by atoms with Crippen molar-refractivity contribution in [2.45, 2.75) is 17.1 Å². The lowest BCUT2D eigenvalue weighted by Gasteiger charge is -2.31. The molecule has 0 amide bonds. The minimum Gasteiger partial charge on any atom is -0.478 e. The molecule has 0 radical (unpaired) electrons. The molecule has 1 atom stereocenters. The van der Waals surface area contributed by atoms with Crippen LogP contribution in [-0.4, -0.2) is 50.5 Å².